The third-order valence-corrected chi connectivity index (χ3v) is 4.63. The fraction of sp³-hybridized carbons (Fsp3) is 0.227. The second kappa shape index (κ2) is 8.69. The lowest BCUT2D eigenvalue weighted by atomic mass is 10.0. The standard InChI is InChI=1S/C22H23N7O/c1-3-6-16-8-7-14(13-26-16)15-11-17(20-24-9-5-10-25-20)19-18(12-15)27-21(28-19)29-22(30)23-4-2/h5,7-13H,3-4,6H2,1-2H3,(H3,23,27,28,29,30). The van der Waals surface area contributed by atoms with E-state index >= 15 is 0 Å². The maximum absolute atomic E-state index is 11.9. The molecule has 30 heavy (non-hydrogen) atoms. The van der Waals surface area contributed by atoms with Crippen LogP contribution in [0.3, 0.4) is 0 Å². The first-order chi connectivity index (χ1) is 14.7. The van der Waals surface area contributed by atoms with E-state index in [4.69, 9.17) is 0 Å². The Morgan fingerprint density at radius 2 is 1.90 bits per heavy atom. The number of imidazole rings is 1. The van der Waals surface area contributed by atoms with E-state index < -0.39 is 0 Å². The Morgan fingerprint density at radius 1 is 1.07 bits per heavy atom. The van der Waals surface area contributed by atoms with Crippen molar-refractivity contribution in [1.82, 2.24) is 30.2 Å². The molecule has 0 aliphatic heterocycles. The second-order valence-corrected chi connectivity index (χ2v) is 6.85. The average Bonchev–Trinajstić information content (AvgIpc) is 3.16. The Balaban J connectivity index is 1.80. The number of hydrogen-bond acceptors (Lipinski definition) is 5. The lowest BCUT2D eigenvalue weighted by Gasteiger charge is -2.07. The molecule has 4 rings (SSSR count). The zero-order chi connectivity index (χ0) is 20.9. The van der Waals surface area contributed by atoms with Crippen LogP contribution >= 0.6 is 0 Å². The molecule has 0 aliphatic carbocycles. The van der Waals surface area contributed by atoms with Crippen molar-refractivity contribution in [3.05, 3.63) is 54.6 Å². The summed E-state index contributed by atoms with van der Waals surface area (Å²) in [4.78, 5) is 33.0. The molecule has 8 nitrogen and oxygen atoms in total. The van der Waals surface area contributed by atoms with E-state index in [1.165, 1.54) is 0 Å². The van der Waals surface area contributed by atoms with Crippen molar-refractivity contribution in [1.29, 1.82) is 0 Å². The topological polar surface area (TPSA) is 108 Å². The molecule has 3 aromatic heterocycles. The van der Waals surface area contributed by atoms with Gasteiger partial charge in [0.05, 0.1) is 5.52 Å². The summed E-state index contributed by atoms with van der Waals surface area (Å²) in [6.45, 7) is 4.52. The lowest BCUT2D eigenvalue weighted by molar-refractivity contribution is 0.252. The number of aromatic nitrogens is 5. The zero-order valence-corrected chi connectivity index (χ0v) is 16.9. The highest BCUT2D eigenvalue weighted by Crippen LogP contribution is 2.32. The Morgan fingerprint density at radius 3 is 2.60 bits per heavy atom. The first kappa shape index (κ1) is 19.5. The molecular weight excluding hydrogens is 378 g/mol. The molecule has 3 N–H and O–H groups in total. The molecule has 0 radical (unpaired) electrons. The summed E-state index contributed by atoms with van der Waals surface area (Å²) >= 11 is 0. The van der Waals surface area contributed by atoms with Gasteiger partial charge in [-0.3, -0.25) is 10.3 Å². The van der Waals surface area contributed by atoms with E-state index in [0.717, 1.165) is 40.7 Å². The highest BCUT2D eigenvalue weighted by molar-refractivity contribution is 5.97. The molecule has 2 amide bonds. The van der Waals surface area contributed by atoms with Gasteiger partial charge in [0.15, 0.2) is 5.82 Å². The van der Waals surface area contributed by atoms with Crippen LogP contribution in [0.4, 0.5) is 10.7 Å². The molecule has 152 valence electrons. The van der Waals surface area contributed by atoms with Crippen molar-refractivity contribution in [2.45, 2.75) is 26.7 Å². The van der Waals surface area contributed by atoms with Crippen LogP contribution in [-0.4, -0.2) is 37.5 Å². The molecule has 0 bridgehead atoms. The van der Waals surface area contributed by atoms with Crippen LogP contribution in [0.15, 0.2) is 48.9 Å². The van der Waals surface area contributed by atoms with Gasteiger partial charge in [-0.25, -0.2) is 19.7 Å². The number of H-pyrrole nitrogens is 1. The summed E-state index contributed by atoms with van der Waals surface area (Å²) in [5.74, 6) is 0.928. The van der Waals surface area contributed by atoms with Crippen molar-refractivity contribution >= 4 is 23.0 Å². The fourth-order valence-electron chi connectivity index (χ4n) is 3.26. The van der Waals surface area contributed by atoms with E-state index in [1.807, 2.05) is 25.3 Å². The Kier molecular flexibility index (Phi) is 5.65. The summed E-state index contributed by atoms with van der Waals surface area (Å²) in [5, 5.41) is 5.42. The summed E-state index contributed by atoms with van der Waals surface area (Å²) in [6.07, 6.45) is 7.29. The third kappa shape index (κ3) is 4.12. The molecule has 0 aliphatic rings. The molecular formula is C22H23N7O. The van der Waals surface area contributed by atoms with Crippen molar-refractivity contribution in [3.63, 3.8) is 0 Å². The number of aryl methyl sites for hydroxylation is 1. The van der Waals surface area contributed by atoms with Gasteiger partial charge in [0, 0.05) is 42.0 Å². The minimum atomic E-state index is -0.315. The first-order valence-corrected chi connectivity index (χ1v) is 9.99. The molecule has 0 saturated heterocycles. The van der Waals surface area contributed by atoms with E-state index in [2.05, 4.69) is 54.6 Å². The number of urea groups is 1. The number of pyridine rings is 1. The van der Waals surface area contributed by atoms with E-state index in [1.54, 1.807) is 18.5 Å². The Labute approximate surface area is 174 Å². The quantitative estimate of drug-likeness (QED) is 0.449. The number of nitrogens with zero attached hydrogens (tertiary/aromatic N) is 4. The van der Waals surface area contributed by atoms with E-state index in [0.29, 0.717) is 23.8 Å². The summed E-state index contributed by atoms with van der Waals surface area (Å²) in [6, 6.07) is 9.58. The fourth-order valence-corrected chi connectivity index (χ4v) is 3.26. The highest BCUT2D eigenvalue weighted by Gasteiger charge is 2.15. The Hall–Kier alpha value is -3.81. The number of fused-ring (bicyclic) bond motifs is 1. The summed E-state index contributed by atoms with van der Waals surface area (Å²) in [7, 11) is 0. The van der Waals surface area contributed by atoms with Crippen LogP contribution < -0.4 is 10.6 Å². The van der Waals surface area contributed by atoms with Crippen LogP contribution in [0.1, 0.15) is 26.0 Å². The molecule has 8 heteroatoms. The van der Waals surface area contributed by atoms with Gasteiger partial charge in [0.2, 0.25) is 5.95 Å². The average molecular weight is 401 g/mol. The van der Waals surface area contributed by atoms with Gasteiger partial charge >= 0.3 is 6.03 Å². The maximum Gasteiger partial charge on any atom is 0.321 e. The molecule has 3 heterocycles. The number of amides is 2. The van der Waals surface area contributed by atoms with Crippen molar-refractivity contribution in [3.8, 4) is 22.5 Å². The number of carbonyl (C=O) groups excluding carboxylic acids is 1. The van der Waals surface area contributed by atoms with E-state index in [-0.39, 0.29) is 6.03 Å². The van der Waals surface area contributed by atoms with Crippen molar-refractivity contribution < 1.29 is 4.79 Å². The van der Waals surface area contributed by atoms with Crippen LogP contribution in [0, 0.1) is 0 Å². The number of benzene rings is 1. The maximum atomic E-state index is 11.9. The van der Waals surface area contributed by atoms with Gasteiger partial charge in [0.1, 0.15) is 5.52 Å². The number of aromatic amines is 1. The largest absolute Gasteiger partial charge is 0.338 e. The smallest absolute Gasteiger partial charge is 0.321 e. The van der Waals surface area contributed by atoms with Crippen molar-refractivity contribution in [2.75, 3.05) is 11.9 Å². The number of hydrogen-bond donors (Lipinski definition) is 3. The van der Waals surface area contributed by atoms with E-state index in [9.17, 15) is 4.79 Å². The Bertz CT molecular complexity index is 1150. The molecule has 0 fully saturated rings. The predicted octanol–water partition coefficient (Wildman–Crippen LogP) is 4.18. The molecule has 0 saturated carbocycles. The number of rotatable bonds is 6. The van der Waals surface area contributed by atoms with Gasteiger partial charge in [-0.05, 0) is 43.2 Å². The summed E-state index contributed by atoms with van der Waals surface area (Å²) in [5.41, 5.74) is 5.27. The van der Waals surface area contributed by atoms with Crippen LogP contribution in [0.25, 0.3) is 33.5 Å². The monoisotopic (exact) mass is 401 g/mol. The summed E-state index contributed by atoms with van der Waals surface area (Å²) < 4.78 is 0. The van der Waals surface area contributed by atoms with Crippen LogP contribution in [0.2, 0.25) is 0 Å². The zero-order valence-electron chi connectivity index (χ0n) is 16.9. The van der Waals surface area contributed by atoms with Gasteiger partial charge in [-0.2, -0.15) is 0 Å². The molecule has 4 aromatic rings. The van der Waals surface area contributed by atoms with Crippen LogP contribution in [0.5, 0.6) is 0 Å². The highest BCUT2D eigenvalue weighted by atomic mass is 16.2. The molecule has 0 atom stereocenters. The lowest BCUT2D eigenvalue weighted by Crippen LogP contribution is -2.28. The predicted molar refractivity (Wildman–Crippen MR) is 117 cm³/mol. The minimum absolute atomic E-state index is 0.315. The van der Waals surface area contributed by atoms with Crippen molar-refractivity contribution in [2.24, 2.45) is 0 Å². The molecule has 0 spiro atoms. The number of carbonyl (C=O) groups is 1. The molecule has 1 aromatic carbocycles. The van der Waals surface area contributed by atoms with Gasteiger partial charge in [-0.15, -0.1) is 0 Å². The minimum Gasteiger partial charge on any atom is -0.338 e. The number of anilines is 1. The van der Waals surface area contributed by atoms with Crippen LogP contribution in [-0.2, 0) is 6.42 Å². The normalized spacial score (nSPS) is 10.9. The number of nitrogens with one attached hydrogen (secondary N) is 3. The molecule has 0 unspecified atom stereocenters. The first-order valence-electron chi connectivity index (χ1n) is 9.99. The van der Waals surface area contributed by atoms with Gasteiger partial charge in [-0.1, -0.05) is 19.4 Å². The SMILES string of the molecule is CCCc1ccc(-c2cc(-c3ncccn3)c3nc(NC(=O)NCC)[nH]c3c2)cn1. The second-order valence-electron chi connectivity index (χ2n) is 6.85. The third-order valence-electron chi connectivity index (χ3n) is 4.63. The van der Waals surface area contributed by atoms with Gasteiger partial charge in [0.25, 0.3) is 0 Å². The van der Waals surface area contributed by atoms with Gasteiger partial charge < -0.3 is 10.3 Å².